The van der Waals surface area contributed by atoms with Crippen molar-refractivity contribution >= 4 is 29.2 Å². The van der Waals surface area contributed by atoms with Crippen LogP contribution in [0.3, 0.4) is 0 Å². The highest BCUT2D eigenvalue weighted by Crippen LogP contribution is 2.20. The van der Waals surface area contributed by atoms with Gasteiger partial charge >= 0.3 is 6.03 Å². The highest BCUT2D eigenvalue weighted by molar-refractivity contribution is 6.33. The molecule has 2 aromatic rings. The average molecular weight is 350 g/mol. The first-order chi connectivity index (χ1) is 11.5. The van der Waals surface area contributed by atoms with E-state index in [0.29, 0.717) is 17.1 Å². The molecule has 0 heterocycles. The number of carbonyl (C=O) groups is 2. The minimum Gasteiger partial charge on any atom is -0.369 e. The van der Waals surface area contributed by atoms with Crippen molar-refractivity contribution in [3.63, 3.8) is 0 Å². The van der Waals surface area contributed by atoms with E-state index >= 15 is 0 Å². The van der Waals surface area contributed by atoms with Gasteiger partial charge in [0, 0.05) is 6.54 Å². The highest BCUT2D eigenvalue weighted by atomic mass is 35.5. The lowest BCUT2D eigenvalue weighted by Gasteiger charge is -2.15. The normalized spacial score (nSPS) is 11.6. The Bertz CT molecular complexity index is 722. The number of nitrogens with one attached hydrogen (secondary N) is 2. The highest BCUT2D eigenvalue weighted by Gasteiger charge is 2.17. The van der Waals surface area contributed by atoms with Crippen molar-refractivity contribution in [1.29, 1.82) is 0 Å². The first kappa shape index (κ1) is 17.7. The quantitative estimate of drug-likeness (QED) is 0.749. The summed E-state index contributed by atoms with van der Waals surface area (Å²) in [6.07, 6.45) is 0.308. The third-order valence-electron chi connectivity index (χ3n) is 3.43. The molecule has 126 valence electrons. The second-order valence-electron chi connectivity index (χ2n) is 5.24. The van der Waals surface area contributed by atoms with Gasteiger partial charge in [0.1, 0.15) is 5.82 Å². The second kappa shape index (κ2) is 8.31. The lowest BCUT2D eigenvalue weighted by molar-refractivity contribution is -0.121. The van der Waals surface area contributed by atoms with Gasteiger partial charge in [-0.2, -0.15) is 0 Å². The molecule has 0 radical (unpaired) electrons. The fourth-order valence-corrected chi connectivity index (χ4v) is 2.31. The van der Waals surface area contributed by atoms with Crippen LogP contribution in [0, 0.1) is 11.7 Å². The van der Waals surface area contributed by atoms with Crippen molar-refractivity contribution in [3.05, 3.63) is 64.9 Å². The van der Waals surface area contributed by atoms with Gasteiger partial charge in [0.05, 0.1) is 16.6 Å². The molecular weight excluding hydrogens is 333 g/mol. The van der Waals surface area contributed by atoms with Crippen molar-refractivity contribution in [2.45, 2.75) is 6.42 Å². The van der Waals surface area contributed by atoms with E-state index in [1.165, 1.54) is 12.1 Å². The summed E-state index contributed by atoms with van der Waals surface area (Å²) in [7, 11) is 0. The smallest absolute Gasteiger partial charge is 0.319 e. The number of primary amides is 1. The number of nitrogens with two attached hydrogens (primary N) is 1. The first-order valence-electron chi connectivity index (χ1n) is 7.29. The molecule has 0 aromatic heterocycles. The van der Waals surface area contributed by atoms with Crippen LogP contribution in [0.15, 0.2) is 48.5 Å². The maximum Gasteiger partial charge on any atom is 0.319 e. The summed E-state index contributed by atoms with van der Waals surface area (Å²) in [6, 6.07) is 12.1. The molecule has 24 heavy (non-hydrogen) atoms. The van der Waals surface area contributed by atoms with Gasteiger partial charge in [-0.1, -0.05) is 35.9 Å². The molecule has 0 saturated heterocycles. The number of para-hydroxylation sites is 1. The number of halogens is 2. The lowest BCUT2D eigenvalue weighted by atomic mass is 9.98. The Kier molecular flexibility index (Phi) is 6.14. The number of carbonyl (C=O) groups excluding carboxylic acids is 2. The Balaban J connectivity index is 1.91. The summed E-state index contributed by atoms with van der Waals surface area (Å²) in [5.74, 6) is -1.50. The van der Waals surface area contributed by atoms with Gasteiger partial charge in [0.15, 0.2) is 0 Å². The molecule has 0 spiro atoms. The molecule has 2 aromatic carbocycles. The van der Waals surface area contributed by atoms with Crippen LogP contribution in [0.5, 0.6) is 0 Å². The average Bonchev–Trinajstić information content (AvgIpc) is 2.55. The molecule has 0 aliphatic carbocycles. The Morgan fingerprint density at radius 3 is 2.42 bits per heavy atom. The summed E-state index contributed by atoms with van der Waals surface area (Å²) < 4.78 is 12.9. The van der Waals surface area contributed by atoms with E-state index in [9.17, 15) is 14.0 Å². The zero-order chi connectivity index (χ0) is 17.5. The zero-order valence-electron chi connectivity index (χ0n) is 12.8. The lowest BCUT2D eigenvalue weighted by Crippen LogP contribution is -2.39. The van der Waals surface area contributed by atoms with Crippen LogP contribution in [-0.2, 0) is 11.2 Å². The third kappa shape index (κ3) is 5.24. The van der Waals surface area contributed by atoms with Crippen LogP contribution in [0.2, 0.25) is 5.02 Å². The molecule has 0 saturated carbocycles. The fraction of sp³-hybridized carbons (Fsp3) is 0.176. The van der Waals surface area contributed by atoms with E-state index in [-0.39, 0.29) is 12.4 Å². The molecule has 0 unspecified atom stereocenters. The SMILES string of the molecule is NC(=O)[C@@H](CNC(=O)Nc1ccccc1Cl)Cc1ccc(F)cc1. The van der Waals surface area contributed by atoms with Crippen molar-refractivity contribution in [1.82, 2.24) is 5.32 Å². The van der Waals surface area contributed by atoms with Crippen LogP contribution in [0.1, 0.15) is 5.56 Å². The number of anilines is 1. The van der Waals surface area contributed by atoms with Crippen LogP contribution >= 0.6 is 11.6 Å². The van der Waals surface area contributed by atoms with E-state index in [0.717, 1.165) is 5.56 Å². The number of rotatable bonds is 6. The molecule has 0 aliphatic rings. The summed E-state index contributed by atoms with van der Waals surface area (Å²) in [4.78, 5) is 23.5. The zero-order valence-corrected chi connectivity index (χ0v) is 13.5. The Morgan fingerprint density at radius 1 is 1.12 bits per heavy atom. The minimum absolute atomic E-state index is 0.0585. The predicted octanol–water partition coefficient (Wildman–Crippen LogP) is 2.94. The van der Waals surface area contributed by atoms with Crippen LogP contribution < -0.4 is 16.4 Å². The largest absolute Gasteiger partial charge is 0.369 e. The van der Waals surface area contributed by atoms with Gasteiger partial charge in [-0.15, -0.1) is 0 Å². The minimum atomic E-state index is -0.604. The standard InChI is InChI=1S/C17H17ClFN3O2/c18-14-3-1-2-4-15(14)22-17(24)21-10-12(16(20)23)9-11-5-7-13(19)8-6-11/h1-8,12H,9-10H2,(H2,20,23)(H2,21,22,24)/t12-/m1/s1. The molecular formula is C17H17ClFN3O2. The third-order valence-corrected chi connectivity index (χ3v) is 3.76. The van der Waals surface area contributed by atoms with Crippen molar-refractivity contribution in [2.24, 2.45) is 11.7 Å². The van der Waals surface area contributed by atoms with E-state index in [1.807, 2.05) is 0 Å². The summed E-state index contributed by atoms with van der Waals surface area (Å²) in [6.45, 7) is 0.0585. The van der Waals surface area contributed by atoms with Crippen LogP contribution in [0.25, 0.3) is 0 Å². The number of benzene rings is 2. The Labute approximate surface area is 144 Å². The molecule has 0 bridgehead atoms. The Morgan fingerprint density at radius 2 is 1.79 bits per heavy atom. The Hall–Kier alpha value is -2.60. The van der Waals surface area contributed by atoms with E-state index in [1.54, 1.807) is 36.4 Å². The molecule has 7 heteroatoms. The maximum atomic E-state index is 12.9. The number of hydrogen-bond donors (Lipinski definition) is 3. The van der Waals surface area contributed by atoms with E-state index in [4.69, 9.17) is 17.3 Å². The fourth-order valence-electron chi connectivity index (χ4n) is 2.12. The van der Waals surface area contributed by atoms with Gasteiger partial charge in [-0.25, -0.2) is 9.18 Å². The maximum absolute atomic E-state index is 12.9. The second-order valence-corrected chi connectivity index (χ2v) is 5.65. The van der Waals surface area contributed by atoms with Gasteiger partial charge in [0.2, 0.25) is 5.91 Å². The number of urea groups is 1. The number of hydrogen-bond acceptors (Lipinski definition) is 2. The summed E-state index contributed by atoms with van der Waals surface area (Å²) in [5, 5.41) is 5.59. The van der Waals surface area contributed by atoms with Crippen molar-refractivity contribution < 1.29 is 14.0 Å². The van der Waals surface area contributed by atoms with Gasteiger partial charge in [-0.05, 0) is 36.2 Å². The predicted molar refractivity (Wildman–Crippen MR) is 91.3 cm³/mol. The summed E-state index contributed by atoms with van der Waals surface area (Å²) >= 11 is 5.95. The molecule has 2 rings (SSSR count). The molecule has 0 fully saturated rings. The molecule has 4 N–H and O–H groups in total. The van der Waals surface area contributed by atoms with Crippen LogP contribution in [0.4, 0.5) is 14.9 Å². The van der Waals surface area contributed by atoms with Gasteiger partial charge in [0.25, 0.3) is 0 Å². The molecule has 1 atom stereocenters. The molecule has 5 nitrogen and oxygen atoms in total. The topological polar surface area (TPSA) is 84.2 Å². The van der Waals surface area contributed by atoms with Gasteiger partial charge in [-0.3, -0.25) is 4.79 Å². The van der Waals surface area contributed by atoms with E-state index < -0.39 is 17.9 Å². The van der Waals surface area contributed by atoms with Crippen molar-refractivity contribution in [2.75, 3.05) is 11.9 Å². The molecule has 0 aliphatic heterocycles. The monoisotopic (exact) mass is 349 g/mol. The van der Waals surface area contributed by atoms with Gasteiger partial charge < -0.3 is 16.4 Å². The molecule has 3 amide bonds. The van der Waals surface area contributed by atoms with E-state index in [2.05, 4.69) is 10.6 Å². The summed E-state index contributed by atoms with van der Waals surface area (Å²) in [5.41, 5.74) is 6.59. The van der Waals surface area contributed by atoms with Crippen LogP contribution in [-0.4, -0.2) is 18.5 Å². The van der Waals surface area contributed by atoms with Crippen molar-refractivity contribution in [3.8, 4) is 0 Å². The first-order valence-corrected chi connectivity index (χ1v) is 7.66. The number of amides is 3.